The smallest absolute Gasteiger partial charge is 0.411 e. The molecule has 25 heavy (non-hydrogen) atoms. The average Bonchev–Trinajstić information content (AvgIpc) is 2.60. The highest BCUT2D eigenvalue weighted by molar-refractivity contribution is 6.07. The van der Waals surface area contributed by atoms with Crippen molar-refractivity contribution in [3.63, 3.8) is 0 Å². The molecular formula is C18H16N2O5. The maximum absolute atomic E-state index is 11.9. The van der Waals surface area contributed by atoms with Gasteiger partial charge in [-0.15, -0.1) is 0 Å². The zero-order chi connectivity index (χ0) is 17.8. The van der Waals surface area contributed by atoms with Crippen LogP contribution in [0.15, 0.2) is 48.5 Å². The Kier molecular flexibility index (Phi) is 4.65. The Labute approximate surface area is 143 Å². The zero-order valence-corrected chi connectivity index (χ0v) is 13.2. The SMILES string of the molecule is O=C(Nc1ccc2c(c1)NC(=O)C(C(=O)O)C2)OCc1ccccc1. The van der Waals surface area contributed by atoms with Crippen molar-refractivity contribution in [1.82, 2.24) is 0 Å². The molecule has 0 bridgehead atoms. The van der Waals surface area contributed by atoms with E-state index in [4.69, 9.17) is 9.84 Å². The molecule has 2 amide bonds. The summed E-state index contributed by atoms with van der Waals surface area (Å²) >= 11 is 0. The minimum atomic E-state index is -1.16. The van der Waals surface area contributed by atoms with Crippen molar-refractivity contribution in [1.29, 1.82) is 0 Å². The van der Waals surface area contributed by atoms with Crippen molar-refractivity contribution in [2.24, 2.45) is 5.92 Å². The van der Waals surface area contributed by atoms with Crippen LogP contribution in [0, 0.1) is 5.92 Å². The lowest BCUT2D eigenvalue weighted by molar-refractivity contribution is -0.145. The molecule has 0 aromatic heterocycles. The zero-order valence-electron chi connectivity index (χ0n) is 13.2. The summed E-state index contributed by atoms with van der Waals surface area (Å²) in [4.78, 5) is 34.7. The number of amides is 2. The van der Waals surface area contributed by atoms with E-state index in [-0.39, 0.29) is 13.0 Å². The van der Waals surface area contributed by atoms with Gasteiger partial charge in [0.05, 0.1) is 0 Å². The number of aliphatic carboxylic acids is 1. The van der Waals surface area contributed by atoms with Crippen LogP contribution >= 0.6 is 0 Å². The van der Waals surface area contributed by atoms with Crippen LogP contribution in [0.5, 0.6) is 0 Å². The summed E-state index contributed by atoms with van der Waals surface area (Å²) in [5.74, 6) is -2.82. The van der Waals surface area contributed by atoms with E-state index in [1.807, 2.05) is 30.3 Å². The van der Waals surface area contributed by atoms with Crippen molar-refractivity contribution in [3.05, 3.63) is 59.7 Å². The first-order valence-electron chi connectivity index (χ1n) is 7.67. The van der Waals surface area contributed by atoms with Crippen LogP contribution in [0.4, 0.5) is 16.2 Å². The summed E-state index contributed by atoms with van der Waals surface area (Å²) in [6.45, 7) is 0.147. The number of nitrogens with one attached hydrogen (secondary N) is 2. The van der Waals surface area contributed by atoms with E-state index < -0.39 is 23.9 Å². The Morgan fingerprint density at radius 1 is 1.20 bits per heavy atom. The van der Waals surface area contributed by atoms with E-state index in [1.54, 1.807) is 18.2 Å². The van der Waals surface area contributed by atoms with Gasteiger partial charge in [0.15, 0.2) is 0 Å². The first-order chi connectivity index (χ1) is 12.0. The number of carboxylic acids is 1. The number of hydrogen-bond acceptors (Lipinski definition) is 4. The third-order valence-corrected chi connectivity index (χ3v) is 3.87. The van der Waals surface area contributed by atoms with Gasteiger partial charge in [-0.3, -0.25) is 14.9 Å². The normalized spacial score (nSPS) is 15.7. The van der Waals surface area contributed by atoms with Gasteiger partial charge < -0.3 is 15.2 Å². The molecule has 3 N–H and O–H groups in total. The number of carboxylic acid groups (broad SMARTS) is 1. The number of rotatable bonds is 4. The van der Waals surface area contributed by atoms with Crippen molar-refractivity contribution in [2.45, 2.75) is 13.0 Å². The van der Waals surface area contributed by atoms with Gasteiger partial charge in [-0.25, -0.2) is 4.79 Å². The topological polar surface area (TPSA) is 105 Å². The molecule has 0 radical (unpaired) electrons. The fourth-order valence-corrected chi connectivity index (χ4v) is 2.56. The van der Waals surface area contributed by atoms with Crippen molar-refractivity contribution >= 4 is 29.3 Å². The summed E-state index contributed by atoms with van der Waals surface area (Å²) in [6.07, 6.45) is -0.496. The first-order valence-corrected chi connectivity index (χ1v) is 7.67. The highest BCUT2D eigenvalue weighted by Crippen LogP contribution is 2.28. The maximum atomic E-state index is 11.9. The van der Waals surface area contributed by atoms with Gasteiger partial charge >= 0.3 is 12.1 Å². The highest BCUT2D eigenvalue weighted by Gasteiger charge is 2.31. The number of benzene rings is 2. The summed E-state index contributed by atoms with van der Waals surface area (Å²) in [7, 11) is 0. The average molecular weight is 340 g/mol. The second-order valence-electron chi connectivity index (χ2n) is 5.64. The molecule has 1 aliphatic rings. The lowest BCUT2D eigenvalue weighted by Crippen LogP contribution is -2.35. The maximum Gasteiger partial charge on any atom is 0.411 e. The predicted octanol–water partition coefficient (Wildman–Crippen LogP) is 2.63. The summed E-state index contributed by atoms with van der Waals surface area (Å²) in [5.41, 5.74) is 2.51. The van der Waals surface area contributed by atoms with E-state index >= 15 is 0 Å². The number of hydrogen-bond donors (Lipinski definition) is 3. The largest absolute Gasteiger partial charge is 0.481 e. The van der Waals surface area contributed by atoms with E-state index in [9.17, 15) is 14.4 Å². The molecule has 7 heteroatoms. The Bertz CT molecular complexity index is 819. The minimum Gasteiger partial charge on any atom is -0.481 e. The van der Waals surface area contributed by atoms with E-state index in [0.29, 0.717) is 16.9 Å². The van der Waals surface area contributed by atoms with E-state index in [2.05, 4.69) is 10.6 Å². The summed E-state index contributed by atoms with van der Waals surface area (Å²) < 4.78 is 5.13. The Morgan fingerprint density at radius 3 is 2.68 bits per heavy atom. The van der Waals surface area contributed by atoms with Gasteiger partial charge in [-0.05, 0) is 29.7 Å². The number of fused-ring (bicyclic) bond motifs is 1. The van der Waals surface area contributed by atoms with Crippen LogP contribution in [-0.4, -0.2) is 23.1 Å². The van der Waals surface area contributed by atoms with Crippen molar-refractivity contribution in [2.75, 3.05) is 10.6 Å². The van der Waals surface area contributed by atoms with E-state index in [1.165, 1.54) is 0 Å². The Balaban J connectivity index is 1.63. The quantitative estimate of drug-likeness (QED) is 0.742. The molecule has 0 fully saturated rings. The number of carbonyl (C=O) groups is 3. The number of carbonyl (C=O) groups excluding carboxylic acids is 2. The van der Waals surface area contributed by atoms with Crippen LogP contribution in [0.1, 0.15) is 11.1 Å². The van der Waals surface area contributed by atoms with Gasteiger partial charge in [-0.1, -0.05) is 36.4 Å². The summed E-state index contributed by atoms with van der Waals surface area (Å²) in [6, 6.07) is 14.2. The molecule has 1 unspecified atom stereocenters. The Hall–Kier alpha value is -3.35. The molecule has 1 aliphatic heterocycles. The molecule has 1 heterocycles. The van der Waals surface area contributed by atoms with Crippen LogP contribution in [-0.2, 0) is 27.4 Å². The molecular weight excluding hydrogens is 324 g/mol. The highest BCUT2D eigenvalue weighted by atomic mass is 16.5. The first kappa shape index (κ1) is 16.5. The molecule has 0 aliphatic carbocycles. The fraction of sp³-hybridized carbons (Fsp3) is 0.167. The van der Waals surface area contributed by atoms with Gasteiger partial charge in [0.1, 0.15) is 12.5 Å². The minimum absolute atomic E-state index is 0.120. The second-order valence-corrected chi connectivity index (χ2v) is 5.64. The van der Waals surface area contributed by atoms with Crippen LogP contribution in [0.25, 0.3) is 0 Å². The molecule has 128 valence electrons. The molecule has 0 saturated carbocycles. The van der Waals surface area contributed by atoms with Crippen molar-refractivity contribution in [3.8, 4) is 0 Å². The van der Waals surface area contributed by atoms with Gasteiger partial charge in [-0.2, -0.15) is 0 Å². The molecule has 0 spiro atoms. The molecule has 2 aromatic rings. The number of anilines is 2. The van der Waals surface area contributed by atoms with Crippen molar-refractivity contribution < 1.29 is 24.2 Å². The molecule has 1 atom stereocenters. The molecule has 2 aromatic carbocycles. The number of ether oxygens (including phenoxy) is 1. The predicted molar refractivity (Wildman–Crippen MR) is 90.2 cm³/mol. The summed E-state index contributed by atoms with van der Waals surface area (Å²) in [5, 5.41) is 14.2. The molecule has 0 saturated heterocycles. The third kappa shape index (κ3) is 3.95. The van der Waals surface area contributed by atoms with Gasteiger partial charge in [0, 0.05) is 11.4 Å². The van der Waals surface area contributed by atoms with Crippen LogP contribution < -0.4 is 10.6 Å². The lowest BCUT2D eigenvalue weighted by atomic mass is 9.93. The molecule has 3 rings (SSSR count). The Morgan fingerprint density at radius 2 is 1.96 bits per heavy atom. The fourth-order valence-electron chi connectivity index (χ4n) is 2.56. The monoisotopic (exact) mass is 340 g/mol. The van der Waals surface area contributed by atoms with Gasteiger partial charge in [0.25, 0.3) is 0 Å². The van der Waals surface area contributed by atoms with Crippen LogP contribution in [0.3, 0.4) is 0 Å². The standard InChI is InChI=1S/C18H16N2O5/c21-16-14(17(22)23)8-12-6-7-13(9-15(12)20-16)19-18(24)25-10-11-4-2-1-3-5-11/h1-7,9,14H,8,10H2,(H,19,24)(H,20,21)(H,22,23). The lowest BCUT2D eigenvalue weighted by Gasteiger charge is -2.22. The van der Waals surface area contributed by atoms with Crippen LogP contribution in [0.2, 0.25) is 0 Å². The third-order valence-electron chi connectivity index (χ3n) is 3.87. The van der Waals surface area contributed by atoms with Gasteiger partial charge in [0.2, 0.25) is 5.91 Å². The second kappa shape index (κ2) is 7.04. The van der Waals surface area contributed by atoms with E-state index in [0.717, 1.165) is 5.56 Å². The molecule has 7 nitrogen and oxygen atoms in total.